The van der Waals surface area contributed by atoms with Crippen molar-refractivity contribution in [2.75, 3.05) is 19.7 Å². The molecule has 3 N–H and O–H groups in total. The van der Waals surface area contributed by atoms with Crippen molar-refractivity contribution in [2.24, 2.45) is 0 Å². The summed E-state index contributed by atoms with van der Waals surface area (Å²) in [6.45, 7) is 3.57. The molecule has 0 aromatic carbocycles. The molecule has 7 nitrogen and oxygen atoms in total. The van der Waals surface area contributed by atoms with E-state index in [2.05, 4.69) is 20.9 Å². The van der Waals surface area contributed by atoms with Gasteiger partial charge in [-0.2, -0.15) is 0 Å². The van der Waals surface area contributed by atoms with E-state index in [1.54, 1.807) is 17.8 Å². The minimum absolute atomic E-state index is 0.0891. The van der Waals surface area contributed by atoms with Gasteiger partial charge in [-0.15, -0.1) is 5.10 Å². The van der Waals surface area contributed by atoms with Crippen LogP contribution in [0.3, 0.4) is 0 Å². The molecule has 0 saturated carbocycles. The van der Waals surface area contributed by atoms with E-state index in [0.717, 1.165) is 25.9 Å². The number of carbonyl (C=O) groups is 1. The lowest BCUT2D eigenvalue weighted by atomic mass is 10.1. The van der Waals surface area contributed by atoms with Crippen LogP contribution >= 0.6 is 0 Å². The summed E-state index contributed by atoms with van der Waals surface area (Å²) < 4.78 is 1.76. The molecule has 0 bridgehead atoms. The highest BCUT2D eigenvalue weighted by molar-refractivity contribution is 5.92. The van der Waals surface area contributed by atoms with Gasteiger partial charge in [-0.25, -0.2) is 4.68 Å². The minimum atomic E-state index is -0.295. The van der Waals surface area contributed by atoms with Gasteiger partial charge in [-0.05, 0) is 32.9 Å². The monoisotopic (exact) mass is 253 g/mol. The molecule has 100 valence electrons. The summed E-state index contributed by atoms with van der Waals surface area (Å²) in [5.74, 6) is -0.295. The Bertz CT molecular complexity index is 400. The van der Waals surface area contributed by atoms with Crippen LogP contribution in [0.2, 0.25) is 0 Å². The number of hydrogen-bond acceptors (Lipinski definition) is 5. The van der Waals surface area contributed by atoms with Crippen molar-refractivity contribution in [3.05, 3.63) is 11.9 Å². The quantitative estimate of drug-likeness (QED) is 0.661. The zero-order valence-electron chi connectivity index (χ0n) is 10.5. The maximum Gasteiger partial charge on any atom is 0.273 e. The van der Waals surface area contributed by atoms with Crippen LogP contribution in [-0.4, -0.2) is 51.7 Å². The van der Waals surface area contributed by atoms with Crippen LogP contribution < -0.4 is 10.6 Å². The van der Waals surface area contributed by atoms with Gasteiger partial charge in [0.15, 0.2) is 5.69 Å². The molecule has 1 atom stereocenters. The summed E-state index contributed by atoms with van der Waals surface area (Å²) in [7, 11) is 0. The van der Waals surface area contributed by atoms with E-state index in [1.807, 2.05) is 0 Å². The van der Waals surface area contributed by atoms with Crippen LogP contribution in [-0.2, 0) is 0 Å². The van der Waals surface area contributed by atoms with Crippen molar-refractivity contribution in [3.8, 4) is 0 Å². The molecule has 0 aliphatic carbocycles. The van der Waals surface area contributed by atoms with Crippen molar-refractivity contribution in [2.45, 2.75) is 31.8 Å². The van der Waals surface area contributed by atoms with Gasteiger partial charge in [0.25, 0.3) is 5.91 Å². The highest BCUT2D eigenvalue weighted by Gasteiger charge is 2.19. The zero-order valence-corrected chi connectivity index (χ0v) is 10.5. The van der Waals surface area contributed by atoms with Crippen molar-refractivity contribution < 1.29 is 9.90 Å². The normalized spacial score (nSPS) is 18.6. The van der Waals surface area contributed by atoms with Gasteiger partial charge >= 0.3 is 0 Å². The first-order valence-electron chi connectivity index (χ1n) is 6.25. The lowest BCUT2D eigenvalue weighted by Gasteiger charge is -2.22. The third-order valence-corrected chi connectivity index (χ3v) is 3.08. The number of aliphatic hydroxyl groups excluding tert-OH is 1. The van der Waals surface area contributed by atoms with E-state index in [9.17, 15) is 4.79 Å². The number of rotatable bonds is 4. The maximum atomic E-state index is 11.8. The van der Waals surface area contributed by atoms with E-state index >= 15 is 0 Å². The Morgan fingerprint density at radius 3 is 3.06 bits per heavy atom. The summed E-state index contributed by atoms with van der Waals surface area (Å²) in [6.07, 6.45) is 3.67. The molecule has 7 heteroatoms. The lowest BCUT2D eigenvalue weighted by molar-refractivity contribution is 0.0917. The Kier molecular flexibility index (Phi) is 4.27. The number of piperidine rings is 1. The Morgan fingerprint density at radius 2 is 2.39 bits per heavy atom. The fourth-order valence-corrected chi connectivity index (χ4v) is 1.97. The maximum absolute atomic E-state index is 11.8. The summed E-state index contributed by atoms with van der Waals surface area (Å²) in [5.41, 5.74) is 0.300. The third kappa shape index (κ3) is 3.05. The first kappa shape index (κ1) is 13.0. The zero-order chi connectivity index (χ0) is 13.0. The predicted octanol–water partition coefficient (Wildman–Crippen LogP) is -0.687. The van der Waals surface area contributed by atoms with Crippen LogP contribution in [0.15, 0.2) is 6.20 Å². The summed E-state index contributed by atoms with van der Waals surface area (Å²) in [5, 5.41) is 22.7. The number of aromatic nitrogens is 3. The van der Waals surface area contributed by atoms with Gasteiger partial charge < -0.3 is 15.7 Å². The second kappa shape index (κ2) is 5.92. The molecular formula is C11H19N5O2. The molecule has 0 spiro atoms. The second-order valence-electron chi connectivity index (χ2n) is 4.62. The van der Waals surface area contributed by atoms with Gasteiger partial charge in [0.05, 0.1) is 18.8 Å². The molecule has 0 radical (unpaired) electrons. The molecule has 1 fully saturated rings. The molecule has 2 heterocycles. The molecule has 1 amide bonds. The molecule has 0 unspecified atom stereocenters. The summed E-state index contributed by atoms with van der Waals surface area (Å²) in [6, 6.07) is 0.0390. The molecule has 1 aromatic rings. The fourth-order valence-electron chi connectivity index (χ4n) is 1.97. The van der Waals surface area contributed by atoms with E-state index in [1.165, 1.54) is 0 Å². The Hall–Kier alpha value is -1.47. The average Bonchev–Trinajstić information content (AvgIpc) is 2.89. The topological polar surface area (TPSA) is 92.1 Å². The average molecular weight is 253 g/mol. The second-order valence-corrected chi connectivity index (χ2v) is 4.62. The number of amides is 1. The van der Waals surface area contributed by atoms with Crippen molar-refractivity contribution in [3.63, 3.8) is 0 Å². The highest BCUT2D eigenvalue weighted by Crippen LogP contribution is 2.16. The number of hydrogen-bond donors (Lipinski definition) is 3. The van der Waals surface area contributed by atoms with E-state index in [0.29, 0.717) is 11.7 Å². The molecule has 1 aliphatic rings. The third-order valence-electron chi connectivity index (χ3n) is 3.08. The standard InChI is InChI=1S/C11H19N5O2/c1-8(7-17)13-11(18)10-6-16(15-14-10)9-2-4-12-5-3-9/h6,8-9,12,17H,2-5,7H2,1H3,(H,13,18)/t8-/m0/s1. The van der Waals surface area contributed by atoms with Crippen molar-refractivity contribution in [1.82, 2.24) is 25.6 Å². The molecular weight excluding hydrogens is 234 g/mol. The Labute approximate surface area is 106 Å². The van der Waals surface area contributed by atoms with Crippen LogP contribution in [0.25, 0.3) is 0 Å². The molecule has 1 aliphatic heterocycles. The Balaban J connectivity index is 1.98. The molecule has 18 heavy (non-hydrogen) atoms. The summed E-state index contributed by atoms with van der Waals surface area (Å²) in [4.78, 5) is 11.8. The lowest BCUT2D eigenvalue weighted by Crippen LogP contribution is -2.35. The highest BCUT2D eigenvalue weighted by atomic mass is 16.3. The van der Waals surface area contributed by atoms with Crippen LogP contribution in [0, 0.1) is 0 Å². The fraction of sp³-hybridized carbons (Fsp3) is 0.727. The number of nitrogens with zero attached hydrogens (tertiary/aromatic N) is 3. The van der Waals surface area contributed by atoms with Crippen LogP contribution in [0.1, 0.15) is 36.3 Å². The number of aliphatic hydroxyl groups is 1. The molecule has 1 saturated heterocycles. The number of nitrogens with one attached hydrogen (secondary N) is 2. The van der Waals surface area contributed by atoms with Crippen molar-refractivity contribution in [1.29, 1.82) is 0 Å². The summed E-state index contributed by atoms with van der Waals surface area (Å²) >= 11 is 0. The van der Waals surface area contributed by atoms with Crippen LogP contribution in [0.4, 0.5) is 0 Å². The van der Waals surface area contributed by atoms with E-state index in [4.69, 9.17) is 5.11 Å². The first-order valence-corrected chi connectivity index (χ1v) is 6.25. The van der Waals surface area contributed by atoms with Gasteiger partial charge in [-0.1, -0.05) is 5.21 Å². The van der Waals surface area contributed by atoms with Gasteiger partial charge in [0.1, 0.15) is 0 Å². The molecule has 2 rings (SSSR count). The molecule has 1 aromatic heterocycles. The van der Waals surface area contributed by atoms with Crippen LogP contribution in [0.5, 0.6) is 0 Å². The smallest absolute Gasteiger partial charge is 0.273 e. The van der Waals surface area contributed by atoms with E-state index in [-0.39, 0.29) is 18.6 Å². The minimum Gasteiger partial charge on any atom is -0.394 e. The SMILES string of the molecule is C[C@@H](CO)NC(=O)c1cn(C2CCNCC2)nn1. The first-order chi connectivity index (χ1) is 8.70. The van der Waals surface area contributed by atoms with Gasteiger partial charge in [0, 0.05) is 6.04 Å². The largest absolute Gasteiger partial charge is 0.394 e. The van der Waals surface area contributed by atoms with Crippen molar-refractivity contribution >= 4 is 5.91 Å². The van der Waals surface area contributed by atoms with Gasteiger partial charge in [-0.3, -0.25) is 4.79 Å². The van der Waals surface area contributed by atoms with E-state index < -0.39 is 0 Å². The van der Waals surface area contributed by atoms with Gasteiger partial charge in [0.2, 0.25) is 0 Å². The predicted molar refractivity (Wildman–Crippen MR) is 65.2 cm³/mol. The number of carbonyl (C=O) groups excluding carboxylic acids is 1. The Morgan fingerprint density at radius 1 is 1.67 bits per heavy atom.